The van der Waals surface area contributed by atoms with Gasteiger partial charge in [-0.15, -0.1) is 0 Å². The van der Waals surface area contributed by atoms with Crippen LogP contribution in [0.1, 0.15) is 26.3 Å². The zero-order chi connectivity index (χ0) is 22.1. The number of rotatable bonds is 6. The van der Waals surface area contributed by atoms with Gasteiger partial charge in [0.2, 0.25) is 9.84 Å². The molecule has 0 aromatic heterocycles. The first kappa shape index (κ1) is 21.8. The standard InChI is InChI=1S/C21H23NO7S/c1-21(2,3)29-12-17(19(23)24)22-20(25)28-11-14-10-16-15-7-5-4-6-13(15)8-9-18(16)30(14,26)27/h4-10,17H,11-12H2,1-3H3,(H,22,25)(H,23,24)/t17-/m0/s1. The number of carbonyl (C=O) groups is 2. The maximum absolute atomic E-state index is 12.8. The molecule has 0 aliphatic carbocycles. The molecule has 0 fully saturated rings. The zero-order valence-electron chi connectivity index (χ0n) is 16.8. The van der Waals surface area contributed by atoms with Crippen molar-refractivity contribution in [2.45, 2.75) is 37.3 Å². The number of hydrogen-bond acceptors (Lipinski definition) is 6. The Hall–Kier alpha value is -2.91. The van der Waals surface area contributed by atoms with E-state index in [1.807, 2.05) is 24.3 Å². The van der Waals surface area contributed by atoms with Gasteiger partial charge >= 0.3 is 12.1 Å². The molecule has 1 amide bonds. The number of fused-ring (bicyclic) bond motifs is 3. The molecule has 1 aliphatic rings. The van der Waals surface area contributed by atoms with Crippen molar-refractivity contribution in [3.8, 4) is 0 Å². The molecule has 2 N–H and O–H groups in total. The van der Waals surface area contributed by atoms with Gasteiger partial charge in [0, 0.05) is 5.56 Å². The van der Waals surface area contributed by atoms with Gasteiger partial charge in [-0.1, -0.05) is 30.3 Å². The van der Waals surface area contributed by atoms with Crippen LogP contribution in [0.4, 0.5) is 4.79 Å². The molecule has 160 valence electrons. The average molecular weight is 433 g/mol. The van der Waals surface area contributed by atoms with Crippen LogP contribution in [0.15, 0.2) is 46.2 Å². The second-order valence-electron chi connectivity index (χ2n) is 7.85. The number of carboxylic acid groups (broad SMARTS) is 1. The Morgan fingerprint density at radius 2 is 1.83 bits per heavy atom. The van der Waals surface area contributed by atoms with Crippen LogP contribution in [-0.2, 0) is 24.1 Å². The van der Waals surface area contributed by atoms with E-state index in [2.05, 4.69) is 5.32 Å². The fraction of sp³-hybridized carbons (Fsp3) is 0.333. The highest BCUT2D eigenvalue weighted by molar-refractivity contribution is 7.95. The first-order valence-corrected chi connectivity index (χ1v) is 10.7. The highest BCUT2D eigenvalue weighted by Gasteiger charge is 2.32. The van der Waals surface area contributed by atoms with Gasteiger partial charge in [0.25, 0.3) is 0 Å². The Kier molecular flexibility index (Phi) is 5.87. The van der Waals surface area contributed by atoms with Gasteiger partial charge in [-0.2, -0.15) is 0 Å². The maximum atomic E-state index is 12.8. The number of alkyl carbamates (subject to hydrolysis) is 1. The molecule has 0 spiro atoms. The van der Waals surface area contributed by atoms with Crippen LogP contribution in [-0.4, -0.2) is 50.4 Å². The lowest BCUT2D eigenvalue weighted by Gasteiger charge is -2.22. The van der Waals surface area contributed by atoms with E-state index in [-0.39, 0.29) is 16.4 Å². The summed E-state index contributed by atoms with van der Waals surface area (Å²) in [5.41, 5.74) is -0.0366. The van der Waals surface area contributed by atoms with E-state index in [1.165, 1.54) is 12.1 Å². The van der Waals surface area contributed by atoms with Crippen LogP contribution in [0.2, 0.25) is 0 Å². The van der Waals surface area contributed by atoms with E-state index in [4.69, 9.17) is 9.47 Å². The first-order valence-electron chi connectivity index (χ1n) is 9.26. The van der Waals surface area contributed by atoms with Crippen LogP contribution in [0.25, 0.3) is 16.8 Å². The Morgan fingerprint density at radius 1 is 1.13 bits per heavy atom. The maximum Gasteiger partial charge on any atom is 0.408 e. The lowest BCUT2D eigenvalue weighted by molar-refractivity contribution is -0.142. The fourth-order valence-corrected chi connectivity index (χ4v) is 4.46. The Balaban J connectivity index is 1.71. The molecule has 2 aromatic carbocycles. The largest absolute Gasteiger partial charge is 0.480 e. The van der Waals surface area contributed by atoms with Gasteiger partial charge in [-0.05, 0) is 43.7 Å². The molecular weight excluding hydrogens is 410 g/mol. The lowest BCUT2D eigenvalue weighted by Crippen LogP contribution is -2.45. The highest BCUT2D eigenvalue weighted by Crippen LogP contribution is 2.37. The van der Waals surface area contributed by atoms with Crippen molar-refractivity contribution in [3.63, 3.8) is 0 Å². The molecule has 1 heterocycles. The second kappa shape index (κ2) is 8.08. The quantitative estimate of drug-likeness (QED) is 0.719. The number of aliphatic carboxylic acids is 1. The molecule has 2 aromatic rings. The third-order valence-electron chi connectivity index (χ3n) is 4.49. The number of carboxylic acids is 1. The van der Waals surface area contributed by atoms with Gasteiger partial charge in [0.1, 0.15) is 6.61 Å². The fourth-order valence-electron chi connectivity index (χ4n) is 2.99. The number of amides is 1. The third-order valence-corrected chi connectivity index (χ3v) is 6.35. The minimum Gasteiger partial charge on any atom is -0.480 e. The number of benzene rings is 2. The molecule has 0 saturated heterocycles. The number of nitrogens with one attached hydrogen (secondary N) is 1. The van der Waals surface area contributed by atoms with Gasteiger partial charge in [0.05, 0.1) is 22.0 Å². The summed E-state index contributed by atoms with van der Waals surface area (Å²) < 4.78 is 36.0. The third kappa shape index (κ3) is 4.63. The summed E-state index contributed by atoms with van der Waals surface area (Å²) in [6.45, 7) is 4.49. The summed E-state index contributed by atoms with van der Waals surface area (Å²) in [6, 6.07) is 9.30. The van der Waals surface area contributed by atoms with E-state index >= 15 is 0 Å². The van der Waals surface area contributed by atoms with E-state index in [0.29, 0.717) is 5.56 Å². The minimum absolute atomic E-state index is 0.0678. The predicted octanol–water partition coefficient (Wildman–Crippen LogP) is 2.96. The van der Waals surface area contributed by atoms with Crippen molar-refractivity contribution in [2.24, 2.45) is 0 Å². The van der Waals surface area contributed by atoms with E-state index < -0.39 is 40.1 Å². The number of carbonyl (C=O) groups excluding carboxylic acids is 1. The molecule has 0 unspecified atom stereocenters. The molecule has 0 radical (unpaired) electrons. The Morgan fingerprint density at radius 3 is 2.50 bits per heavy atom. The number of hydrogen-bond donors (Lipinski definition) is 2. The summed E-state index contributed by atoms with van der Waals surface area (Å²) in [7, 11) is -3.79. The highest BCUT2D eigenvalue weighted by atomic mass is 32.2. The molecule has 8 nitrogen and oxygen atoms in total. The van der Waals surface area contributed by atoms with Crippen LogP contribution in [0, 0.1) is 0 Å². The Labute approximate surface area is 174 Å². The van der Waals surface area contributed by atoms with Crippen LogP contribution in [0.3, 0.4) is 0 Å². The van der Waals surface area contributed by atoms with Gasteiger partial charge in [-0.25, -0.2) is 18.0 Å². The topological polar surface area (TPSA) is 119 Å². The number of ether oxygens (including phenoxy) is 2. The van der Waals surface area contributed by atoms with E-state index in [9.17, 15) is 23.1 Å². The minimum atomic E-state index is -3.79. The van der Waals surface area contributed by atoms with Crippen molar-refractivity contribution < 1.29 is 32.6 Å². The average Bonchev–Trinajstić information content (AvgIpc) is 2.93. The molecule has 9 heteroatoms. The van der Waals surface area contributed by atoms with Gasteiger partial charge < -0.3 is 19.9 Å². The van der Waals surface area contributed by atoms with Crippen molar-refractivity contribution in [1.29, 1.82) is 0 Å². The van der Waals surface area contributed by atoms with Gasteiger partial charge in [0.15, 0.2) is 6.04 Å². The molecule has 1 atom stereocenters. The van der Waals surface area contributed by atoms with Gasteiger partial charge in [-0.3, -0.25) is 0 Å². The second-order valence-corrected chi connectivity index (χ2v) is 9.82. The smallest absolute Gasteiger partial charge is 0.408 e. The molecule has 0 bridgehead atoms. The molecule has 0 saturated carbocycles. The van der Waals surface area contributed by atoms with Crippen molar-refractivity contribution in [2.75, 3.05) is 13.2 Å². The summed E-state index contributed by atoms with van der Waals surface area (Å²) >= 11 is 0. The zero-order valence-corrected chi connectivity index (χ0v) is 17.7. The van der Waals surface area contributed by atoms with E-state index in [1.54, 1.807) is 26.8 Å². The Bertz CT molecular complexity index is 1130. The monoisotopic (exact) mass is 433 g/mol. The molecule has 1 aliphatic heterocycles. The van der Waals surface area contributed by atoms with Crippen molar-refractivity contribution >= 4 is 38.7 Å². The summed E-state index contributed by atoms with van der Waals surface area (Å²) in [4.78, 5) is 23.5. The summed E-state index contributed by atoms with van der Waals surface area (Å²) in [5.74, 6) is -1.29. The lowest BCUT2D eigenvalue weighted by atomic mass is 10.0. The van der Waals surface area contributed by atoms with Crippen molar-refractivity contribution in [1.82, 2.24) is 5.32 Å². The number of sulfone groups is 1. The van der Waals surface area contributed by atoms with Crippen LogP contribution < -0.4 is 5.32 Å². The van der Waals surface area contributed by atoms with Crippen molar-refractivity contribution in [3.05, 3.63) is 46.9 Å². The van der Waals surface area contributed by atoms with Crippen LogP contribution >= 0.6 is 0 Å². The molecule has 30 heavy (non-hydrogen) atoms. The predicted molar refractivity (Wildman–Crippen MR) is 111 cm³/mol. The van der Waals surface area contributed by atoms with E-state index in [0.717, 1.165) is 10.8 Å². The summed E-state index contributed by atoms with van der Waals surface area (Å²) in [6.07, 6.45) is 0.439. The normalized spacial score (nSPS) is 15.9. The molecular formula is C21H23NO7S. The van der Waals surface area contributed by atoms with Crippen LogP contribution in [0.5, 0.6) is 0 Å². The molecule has 3 rings (SSSR count). The first-order chi connectivity index (χ1) is 14.0. The SMILES string of the molecule is CC(C)(C)OC[C@H](NC(=O)OCC1=Cc2c(ccc3ccccc23)S1(=O)=O)C(=O)O. The summed E-state index contributed by atoms with van der Waals surface area (Å²) in [5, 5.41) is 13.1.